The van der Waals surface area contributed by atoms with E-state index in [1.165, 1.54) is 11.1 Å². The Morgan fingerprint density at radius 1 is 1.11 bits per heavy atom. The van der Waals surface area contributed by atoms with Crippen LogP contribution in [0.3, 0.4) is 0 Å². The Bertz CT molecular complexity index is 984. The second-order valence-corrected chi connectivity index (χ2v) is 7.57. The molecule has 3 aromatic rings. The minimum absolute atomic E-state index is 0.118. The van der Waals surface area contributed by atoms with Gasteiger partial charge in [-0.2, -0.15) is 4.99 Å². The normalized spacial score (nSPS) is 12.0. The molecule has 0 radical (unpaired) electrons. The largest absolute Gasteiger partial charge is 0.380 e. The van der Waals surface area contributed by atoms with Gasteiger partial charge in [-0.15, -0.1) is 0 Å². The lowest BCUT2D eigenvalue weighted by Gasteiger charge is -2.05. The molecule has 0 saturated carbocycles. The van der Waals surface area contributed by atoms with Gasteiger partial charge in [0.1, 0.15) is 0 Å². The third kappa shape index (κ3) is 4.93. The van der Waals surface area contributed by atoms with E-state index >= 15 is 0 Å². The number of thiazole rings is 1. The SMILES string of the molecule is CCOCCn1c(=NC(=O)Cc2ccc(CC)cc2)sc2cc(C)ccc21. The van der Waals surface area contributed by atoms with E-state index in [9.17, 15) is 4.79 Å². The van der Waals surface area contributed by atoms with Gasteiger partial charge in [0.15, 0.2) is 4.80 Å². The molecule has 0 aliphatic rings. The second-order valence-electron chi connectivity index (χ2n) is 6.56. The van der Waals surface area contributed by atoms with Crippen LogP contribution in [0.1, 0.15) is 30.5 Å². The third-order valence-corrected chi connectivity index (χ3v) is 5.55. The summed E-state index contributed by atoms with van der Waals surface area (Å²) in [5.74, 6) is -0.118. The van der Waals surface area contributed by atoms with Crippen molar-refractivity contribution in [2.24, 2.45) is 4.99 Å². The summed E-state index contributed by atoms with van der Waals surface area (Å²) in [6.45, 7) is 8.16. The molecule has 0 atom stereocenters. The Balaban J connectivity index is 1.90. The van der Waals surface area contributed by atoms with E-state index in [1.807, 2.05) is 19.1 Å². The third-order valence-electron chi connectivity index (χ3n) is 4.51. The van der Waals surface area contributed by atoms with Gasteiger partial charge in [-0.25, -0.2) is 0 Å². The van der Waals surface area contributed by atoms with Gasteiger partial charge in [0.25, 0.3) is 5.91 Å². The number of amides is 1. The second kappa shape index (κ2) is 9.11. The zero-order valence-electron chi connectivity index (χ0n) is 16.2. The summed E-state index contributed by atoms with van der Waals surface area (Å²) in [6, 6.07) is 14.5. The number of aryl methyl sites for hydroxylation is 2. The Morgan fingerprint density at radius 2 is 1.85 bits per heavy atom. The van der Waals surface area contributed by atoms with E-state index in [-0.39, 0.29) is 5.91 Å². The van der Waals surface area contributed by atoms with Crippen LogP contribution in [-0.2, 0) is 28.9 Å². The lowest BCUT2D eigenvalue weighted by molar-refractivity contribution is -0.117. The monoisotopic (exact) mass is 382 g/mol. The zero-order valence-corrected chi connectivity index (χ0v) is 17.0. The van der Waals surface area contributed by atoms with Crippen LogP contribution in [0.15, 0.2) is 47.5 Å². The molecule has 1 amide bonds. The van der Waals surface area contributed by atoms with Crippen molar-refractivity contribution in [2.75, 3.05) is 13.2 Å². The number of carbonyl (C=O) groups excluding carboxylic acids is 1. The molecular weight excluding hydrogens is 356 g/mol. The molecule has 1 aromatic heterocycles. The highest BCUT2D eigenvalue weighted by atomic mass is 32.1. The lowest BCUT2D eigenvalue weighted by Crippen LogP contribution is -2.20. The molecule has 0 fully saturated rings. The highest BCUT2D eigenvalue weighted by Gasteiger charge is 2.09. The van der Waals surface area contributed by atoms with Crippen LogP contribution in [0, 0.1) is 6.92 Å². The number of hydrogen-bond acceptors (Lipinski definition) is 3. The summed E-state index contributed by atoms with van der Waals surface area (Å²) < 4.78 is 8.75. The maximum atomic E-state index is 12.6. The Hall–Kier alpha value is -2.24. The van der Waals surface area contributed by atoms with Gasteiger partial charge < -0.3 is 9.30 Å². The highest BCUT2D eigenvalue weighted by Crippen LogP contribution is 2.19. The van der Waals surface area contributed by atoms with Crippen molar-refractivity contribution in [3.63, 3.8) is 0 Å². The molecule has 27 heavy (non-hydrogen) atoms. The van der Waals surface area contributed by atoms with Crippen molar-refractivity contribution in [1.82, 2.24) is 4.57 Å². The number of carbonyl (C=O) groups is 1. The molecule has 3 rings (SSSR count). The summed E-state index contributed by atoms with van der Waals surface area (Å²) in [5, 5.41) is 0. The van der Waals surface area contributed by atoms with Crippen molar-refractivity contribution in [3.8, 4) is 0 Å². The predicted molar refractivity (Wildman–Crippen MR) is 111 cm³/mol. The van der Waals surface area contributed by atoms with E-state index < -0.39 is 0 Å². The maximum absolute atomic E-state index is 12.6. The van der Waals surface area contributed by atoms with Gasteiger partial charge in [0.05, 0.1) is 23.2 Å². The van der Waals surface area contributed by atoms with Gasteiger partial charge in [-0.05, 0) is 49.1 Å². The van der Waals surface area contributed by atoms with Crippen molar-refractivity contribution in [3.05, 3.63) is 64.0 Å². The first-order valence-corrected chi connectivity index (χ1v) is 10.3. The molecule has 0 unspecified atom stereocenters. The van der Waals surface area contributed by atoms with Crippen LogP contribution >= 0.6 is 11.3 Å². The van der Waals surface area contributed by atoms with E-state index in [4.69, 9.17) is 4.74 Å². The molecule has 0 aliphatic heterocycles. The van der Waals surface area contributed by atoms with Crippen molar-refractivity contribution in [2.45, 2.75) is 40.2 Å². The van der Waals surface area contributed by atoms with Crippen molar-refractivity contribution in [1.29, 1.82) is 0 Å². The van der Waals surface area contributed by atoms with Gasteiger partial charge in [-0.3, -0.25) is 4.79 Å². The maximum Gasteiger partial charge on any atom is 0.252 e. The van der Waals surface area contributed by atoms with E-state index in [0.717, 1.165) is 27.0 Å². The van der Waals surface area contributed by atoms with Crippen LogP contribution in [0.2, 0.25) is 0 Å². The van der Waals surface area contributed by atoms with Crippen LogP contribution in [0.4, 0.5) is 0 Å². The molecule has 0 N–H and O–H groups in total. The standard InChI is InChI=1S/C22H26N2O2S/c1-4-17-7-9-18(10-8-17)15-21(25)23-22-24(12-13-26-5-2)19-11-6-16(3)14-20(19)27-22/h6-11,14H,4-5,12-13,15H2,1-3H3. The Labute approximate surface area is 164 Å². The molecule has 4 nitrogen and oxygen atoms in total. The summed E-state index contributed by atoms with van der Waals surface area (Å²) >= 11 is 1.56. The molecule has 142 valence electrons. The molecule has 0 aliphatic carbocycles. The van der Waals surface area contributed by atoms with Crippen LogP contribution in [0.5, 0.6) is 0 Å². The fourth-order valence-corrected chi connectivity index (χ4v) is 4.17. The van der Waals surface area contributed by atoms with E-state index in [1.54, 1.807) is 11.3 Å². The number of nitrogens with zero attached hydrogens (tertiary/aromatic N) is 2. The van der Waals surface area contributed by atoms with E-state index in [2.05, 4.69) is 53.7 Å². The summed E-state index contributed by atoms with van der Waals surface area (Å²) in [5.41, 5.74) is 4.58. The zero-order chi connectivity index (χ0) is 19.2. The van der Waals surface area contributed by atoms with Gasteiger partial charge >= 0.3 is 0 Å². The summed E-state index contributed by atoms with van der Waals surface area (Å²) in [7, 11) is 0. The lowest BCUT2D eigenvalue weighted by atomic mass is 10.1. The predicted octanol–water partition coefficient (Wildman–Crippen LogP) is 4.28. The molecule has 0 spiro atoms. The summed E-state index contributed by atoms with van der Waals surface area (Å²) in [6.07, 6.45) is 1.32. The Kier molecular flexibility index (Phi) is 6.58. The minimum atomic E-state index is -0.118. The van der Waals surface area contributed by atoms with E-state index in [0.29, 0.717) is 26.2 Å². The van der Waals surface area contributed by atoms with Crippen LogP contribution in [-0.4, -0.2) is 23.7 Å². The Morgan fingerprint density at radius 3 is 2.56 bits per heavy atom. The first kappa shape index (κ1) is 19.5. The minimum Gasteiger partial charge on any atom is -0.380 e. The molecular formula is C22H26N2O2S. The number of rotatable bonds is 7. The van der Waals surface area contributed by atoms with Gasteiger partial charge in [-0.1, -0.05) is 48.6 Å². The van der Waals surface area contributed by atoms with Crippen molar-refractivity contribution < 1.29 is 9.53 Å². The number of hydrogen-bond donors (Lipinski definition) is 0. The quantitative estimate of drug-likeness (QED) is 0.573. The number of aromatic nitrogens is 1. The fraction of sp³-hybridized carbons (Fsp3) is 0.364. The highest BCUT2D eigenvalue weighted by molar-refractivity contribution is 7.16. The average molecular weight is 383 g/mol. The van der Waals surface area contributed by atoms with Gasteiger partial charge in [0, 0.05) is 13.2 Å². The molecule has 1 heterocycles. The summed E-state index contributed by atoms with van der Waals surface area (Å²) in [4.78, 5) is 17.7. The number of fused-ring (bicyclic) bond motifs is 1. The number of benzene rings is 2. The smallest absolute Gasteiger partial charge is 0.252 e. The molecule has 5 heteroatoms. The molecule has 0 bridgehead atoms. The topological polar surface area (TPSA) is 43.6 Å². The fourth-order valence-electron chi connectivity index (χ4n) is 3.00. The first-order chi connectivity index (χ1) is 13.1. The first-order valence-electron chi connectivity index (χ1n) is 9.43. The van der Waals surface area contributed by atoms with Gasteiger partial charge in [0.2, 0.25) is 0 Å². The van der Waals surface area contributed by atoms with Crippen LogP contribution < -0.4 is 4.80 Å². The number of ether oxygens (including phenoxy) is 1. The average Bonchev–Trinajstić information content (AvgIpc) is 2.98. The van der Waals surface area contributed by atoms with Crippen molar-refractivity contribution >= 4 is 27.5 Å². The van der Waals surface area contributed by atoms with Crippen LogP contribution in [0.25, 0.3) is 10.2 Å². The molecule has 0 saturated heterocycles. The molecule has 2 aromatic carbocycles.